The molecule has 4 heteroatoms. The Hall–Kier alpha value is -3.27. The molecule has 0 saturated heterocycles. The summed E-state index contributed by atoms with van der Waals surface area (Å²) in [7, 11) is 3.38. The van der Waals surface area contributed by atoms with Crippen LogP contribution in [0.5, 0.6) is 11.5 Å². The molecule has 0 bridgehead atoms. The molecule has 1 aliphatic rings. The lowest BCUT2D eigenvalue weighted by Gasteiger charge is -2.25. The third-order valence-electron chi connectivity index (χ3n) is 4.85. The molecule has 3 aromatic rings. The third-order valence-corrected chi connectivity index (χ3v) is 4.85. The fraction of sp³-hybridized carbons (Fsp3) is 0.174. The van der Waals surface area contributed by atoms with Crippen LogP contribution in [0, 0.1) is 0 Å². The average Bonchev–Trinajstić information content (AvgIpc) is 3.19. The van der Waals surface area contributed by atoms with Crippen LogP contribution in [0.2, 0.25) is 0 Å². The van der Waals surface area contributed by atoms with Crippen LogP contribution >= 0.6 is 0 Å². The summed E-state index contributed by atoms with van der Waals surface area (Å²) < 4.78 is 10.9. The lowest BCUT2D eigenvalue weighted by atomic mass is 9.98. The fourth-order valence-electron chi connectivity index (χ4n) is 3.44. The van der Waals surface area contributed by atoms with Crippen molar-refractivity contribution in [1.82, 2.24) is 0 Å². The van der Waals surface area contributed by atoms with E-state index in [1.54, 1.807) is 14.2 Å². The lowest BCUT2D eigenvalue weighted by Crippen LogP contribution is -2.19. The molecule has 27 heavy (non-hydrogen) atoms. The highest BCUT2D eigenvalue weighted by molar-refractivity contribution is 6.03. The summed E-state index contributed by atoms with van der Waals surface area (Å²) in [6.07, 6.45) is 0.828. The molecule has 3 aromatic carbocycles. The summed E-state index contributed by atoms with van der Waals surface area (Å²) in [5, 5.41) is 7.05. The highest BCUT2D eigenvalue weighted by Gasteiger charge is 2.31. The number of rotatable bonds is 5. The number of ether oxygens (including phenoxy) is 2. The molecule has 1 atom stereocenters. The molecule has 0 spiro atoms. The monoisotopic (exact) mass is 358 g/mol. The molecule has 0 saturated carbocycles. The number of benzene rings is 3. The van der Waals surface area contributed by atoms with Gasteiger partial charge in [0.05, 0.1) is 26.0 Å². The highest BCUT2D eigenvalue weighted by Crippen LogP contribution is 2.40. The number of hydrogen-bond acceptors (Lipinski definition) is 4. The predicted molar refractivity (Wildman–Crippen MR) is 109 cm³/mol. The summed E-state index contributed by atoms with van der Waals surface area (Å²) in [5.74, 6) is 1.67. The highest BCUT2D eigenvalue weighted by atomic mass is 16.5. The SMILES string of the molecule is COc1ccc([C@@H]2CC(c3ccccc3)=NN2c2ccccc2OC)cc1. The number of nitrogens with zero attached hydrogens (tertiary/aromatic N) is 2. The van der Waals surface area contributed by atoms with Gasteiger partial charge in [-0.05, 0) is 35.4 Å². The maximum Gasteiger partial charge on any atom is 0.144 e. The van der Waals surface area contributed by atoms with Crippen molar-refractivity contribution < 1.29 is 9.47 Å². The van der Waals surface area contributed by atoms with Gasteiger partial charge in [-0.1, -0.05) is 54.6 Å². The van der Waals surface area contributed by atoms with Gasteiger partial charge in [-0.3, -0.25) is 5.01 Å². The quantitative estimate of drug-likeness (QED) is 0.639. The van der Waals surface area contributed by atoms with Crippen LogP contribution in [-0.2, 0) is 0 Å². The molecule has 0 aromatic heterocycles. The van der Waals surface area contributed by atoms with Gasteiger partial charge >= 0.3 is 0 Å². The molecule has 136 valence electrons. The van der Waals surface area contributed by atoms with Gasteiger partial charge in [0.1, 0.15) is 17.2 Å². The molecular formula is C23H22N2O2. The van der Waals surface area contributed by atoms with Gasteiger partial charge in [0.2, 0.25) is 0 Å². The summed E-state index contributed by atoms with van der Waals surface area (Å²) in [6, 6.07) is 26.6. The number of para-hydroxylation sites is 2. The van der Waals surface area contributed by atoms with E-state index in [0.29, 0.717) is 0 Å². The zero-order valence-corrected chi connectivity index (χ0v) is 15.5. The van der Waals surface area contributed by atoms with Gasteiger partial charge in [-0.15, -0.1) is 0 Å². The van der Waals surface area contributed by atoms with Crippen molar-refractivity contribution >= 4 is 11.4 Å². The number of hydrazone groups is 1. The first kappa shape index (κ1) is 17.2. The van der Waals surface area contributed by atoms with Crippen LogP contribution in [-0.4, -0.2) is 19.9 Å². The Morgan fingerprint density at radius 3 is 2.22 bits per heavy atom. The smallest absolute Gasteiger partial charge is 0.144 e. The Kier molecular flexibility index (Phi) is 4.79. The molecule has 0 N–H and O–H groups in total. The van der Waals surface area contributed by atoms with Crippen LogP contribution in [0.4, 0.5) is 5.69 Å². The third kappa shape index (κ3) is 3.38. The van der Waals surface area contributed by atoms with Gasteiger partial charge in [-0.2, -0.15) is 5.10 Å². The van der Waals surface area contributed by atoms with E-state index < -0.39 is 0 Å². The first-order valence-electron chi connectivity index (χ1n) is 8.99. The van der Waals surface area contributed by atoms with E-state index in [1.807, 2.05) is 54.6 Å². The van der Waals surface area contributed by atoms with Crippen LogP contribution in [0.15, 0.2) is 84.0 Å². The van der Waals surface area contributed by atoms with Crippen molar-refractivity contribution in [3.63, 3.8) is 0 Å². The summed E-state index contributed by atoms with van der Waals surface area (Å²) in [6.45, 7) is 0. The van der Waals surface area contributed by atoms with Crippen molar-refractivity contribution in [2.75, 3.05) is 19.2 Å². The molecule has 0 fully saturated rings. The van der Waals surface area contributed by atoms with Crippen molar-refractivity contribution in [3.05, 3.63) is 90.0 Å². The van der Waals surface area contributed by atoms with Gasteiger partial charge in [0.25, 0.3) is 0 Å². The molecule has 4 rings (SSSR count). The largest absolute Gasteiger partial charge is 0.497 e. The molecule has 4 nitrogen and oxygen atoms in total. The lowest BCUT2D eigenvalue weighted by molar-refractivity contribution is 0.413. The van der Waals surface area contributed by atoms with Gasteiger partial charge < -0.3 is 9.47 Å². The molecular weight excluding hydrogens is 336 g/mol. The molecule has 0 radical (unpaired) electrons. The van der Waals surface area contributed by atoms with E-state index in [0.717, 1.165) is 34.9 Å². The van der Waals surface area contributed by atoms with Crippen molar-refractivity contribution in [3.8, 4) is 11.5 Å². The second-order valence-electron chi connectivity index (χ2n) is 6.42. The number of hydrogen-bond donors (Lipinski definition) is 0. The minimum absolute atomic E-state index is 0.0995. The number of anilines is 1. The first-order chi connectivity index (χ1) is 13.3. The second kappa shape index (κ2) is 7.54. The van der Waals surface area contributed by atoms with Crippen LogP contribution in [0.25, 0.3) is 0 Å². The first-order valence-corrected chi connectivity index (χ1v) is 8.99. The average molecular weight is 358 g/mol. The van der Waals surface area contributed by atoms with Crippen LogP contribution in [0.3, 0.4) is 0 Å². The summed E-state index contributed by atoms with van der Waals surface area (Å²) in [5.41, 5.74) is 4.37. The summed E-state index contributed by atoms with van der Waals surface area (Å²) >= 11 is 0. The van der Waals surface area contributed by atoms with Gasteiger partial charge in [0, 0.05) is 6.42 Å². The van der Waals surface area contributed by atoms with E-state index in [1.165, 1.54) is 5.56 Å². The molecule has 1 aliphatic heterocycles. The van der Waals surface area contributed by atoms with Crippen LogP contribution < -0.4 is 14.5 Å². The fourth-order valence-corrected chi connectivity index (χ4v) is 3.44. The Morgan fingerprint density at radius 2 is 1.52 bits per heavy atom. The zero-order chi connectivity index (χ0) is 18.6. The predicted octanol–water partition coefficient (Wildman–Crippen LogP) is 5.06. The molecule has 0 amide bonds. The van der Waals surface area contributed by atoms with E-state index in [4.69, 9.17) is 14.6 Å². The standard InChI is InChI=1S/C23H22N2O2/c1-26-19-14-12-18(13-15-19)22-16-20(17-8-4-3-5-9-17)24-25(22)21-10-6-7-11-23(21)27-2/h3-15,22H,16H2,1-2H3/t22-/m0/s1. The van der Waals surface area contributed by atoms with Crippen LogP contribution in [0.1, 0.15) is 23.6 Å². The Balaban J connectivity index is 1.77. The maximum absolute atomic E-state index is 5.59. The topological polar surface area (TPSA) is 34.1 Å². The van der Waals surface area contributed by atoms with Gasteiger partial charge in [0.15, 0.2) is 0 Å². The van der Waals surface area contributed by atoms with E-state index in [9.17, 15) is 0 Å². The summed E-state index contributed by atoms with van der Waals surface area (Å²) in [4.78, 5) is 0. The van der Waals surface area contributed by atoms with E-state index in [2.05, 4.69) is 29.3 Å². The molecule has 0 aliphatic carbocycles. The normalized spacial score (nSPS) is 16.1. The molecule has 1 heterocycles. The zero-order valence-electron chi connectivity index (χ0n) is 15.5. The minimum atomic E-state index is 0.0995. The van der Waals surface area contributed by atoms with Crippen molar-refractivity contribution in [2.24, 2.45) is 5.10 Å². The second-order valence-corrected chi connectivity index (χ2v) is 6.42. The molecule has 0 unspecified atom stereocenters. The van der Waals surface area contributed by atoms with Gasteiger partial charge in [-0.25, -0.2) is 0 Å². The Bertz CT molecular complexity index is 936. The minimum Gasteiger partial charge on any atom is -0.497 e. The Morgan fingerprint density at radius 1 is 0.815 bits per heavy atom. The van der Waals surface area contributed by atoms with E-state index >= 15 is 0 Å². The Labute approximate surface area is 159 Å². The van der Waals surface area contributed by atoms with Crippen molar-refractivity contribution in [2.45, 2.75) is 12.5 Å². The maximum atomic E-state index is 5.59. The van der Waals surface area contributed by atoms with Crippen molar-refractivity contribution in [1.29, 1.82) is 0 Å². The van der Waals surface area contributed by atoms with E-state index in [-0.39, 0.29) is 6.04 Å². The number of methoxy groups -OCH3 is 2.